The standard InChI is InChI=1S/C21H17Cl2N3O6S/c1-12(19(27)24-6-8-25(9-7-24)20(28)21(29)30)13-2-4-18(16(10-13)26(31)32)33-17-5-3-14(22)11-15(17)23/h2-5,10-11H,1,6-9H2,(H,29,30). The van der Waals surface area contributed by atoms with Crippen LogP contribution in [0.3, 0.4) is 0 Å². The molecule has 1 fully saturated rings. The monoisotopic (exact) mass is 509 g/mol. The third-order valence-electron chi connectivity index (χ3n) is 4.91. The van der Waals surface area contributed by atoms with E-state index < -0.39 is 22.7 Å². The molecular formula is C21H17Cl2N3O6S. The van der Waals surface area contributed by atoms with Crippen LogP contribution in [0.2, 0.25) is 10.0 Å². The van der Waals surface area contributed by atoms with E-state index >= 15 is 0 Å². The fourth-order valence-corrected chi connectivity index (χ4v) is 4.60. The zero-order valence-corrected chi connectivity index (χ0v) is 19.3. The molecule has 0 spiro atoms. The van der Waals surface area contributed by atoms with Crippen molar-refractivity contribution in [2.45, 2.75) is 9.79 Å². The first-order valence-electron chi connectivity index (χ1n) is 9.50. The Balaban J connectivity index is 1.76. The Morgan fingerprint density at radius 3 is 2.09 bits per heavy atom. The van der Waals surface area contributed by atoms with E-state index in [-0.39, 0.29) is 43.0 Å². The first-order valence-corrected chi connectivity index (χ1v) is 11.1. The summed E-state index contributed by atoms with van der Waals surface area (Å²) in [5.74, 6) is -3.03. The van der Waals surface area contributed by atoms with Crippen molar-refractivity contribution < 1.29 is 24.4 Å². The second-order valence-electron chi connectivity index (χ2n) is 6.98. The fourth-order valence-electron chi connectivity index (χ4n) is 3.17. The van der Waals surface area contributed by atoms with E-state index in [9.17, 15) is 24.5 Å². The average Bonchev–Trinajstić information content (AvgIpc) is 2.79. The van der Waals surface area contributed by atoms with E-state index in [4.69, 9.17) is 28.3 Å². The summed E-state index contributed by atoms with van der Waals surface area (Å²) >= 11 is 13.2. The molecule has 0 radical (unpaired) electrons. The second kappa shape index (κ2) is 10.2. The SMILES string of the molecule is C=C(C(=O)N1CCN(C(=O)C(=O)O)CC1)c1ccc(Sc2ccc(Cl)cc2Cl)c([N+](=O)[O-])c1. The van der Waals surface area contributed by atoms with Gasteiger partial charge < -0.3 is 14.9 Å². The third kappa shape index (κ3) is 5.65. The van der Waals surface area contributed by atoms with E-state index in [1.165, 1.54) is 23.1 Å². The Morgan fingerprint density at radius 2 is 1.55 bits per heavy atom. The quantitative estimate of drug-likeness (QED) is 0.281. The smallest absolute Gasteiger partial charge is 0.394 e. The molecule has 9 nitrogen and oxygen atoms in total. The van der Waals surface area contributed by atoms with Crippen molar-refractivity contribution in [3.8, 4) is 0 Å². The molecule has 0 unspecified atom stereocenters. The predicted molar refractivity (Wildman–Crippen MR) is 124 cm³/mol. The van der Waals surface area contributed by atoms with Gasteiger partial charge in [0.25, 0.3) is 11.6 Å². The molecule has 2 aromatic carbocycles. The summed E-state index contributed by atoms with van der Waals surface area (Å²) in [6.45, 7) is 4.19. The number of nitro groups is 1. The molecule has 1 heterocycles. The van der Waals surface area contributed by atoms with Gasteiger partial charge in [-0.3, -0.25) is 19.7 Å². The van der Waals surface area contributed by atoms with Crippen molar-refractivity contribution in [2.24, 2.45) is 0 Å². The number of carbonyl (C=O) groups is 3. The molecule has 0 atom stereocenters. The lowest BCUT2D eigenvalue weighted by Gasteiger charge is -2.34. The zero-order chi connectivity index (χ0) is 24.3. The highest BCUT2D eigenvalue weighted by Crippen LogP contribution is 2.40. The number of nitro benzene ring substituents is 1. The summed E-state index contributed by atoms with van der Waals surface area (Å²) in [4.78, 5) is 49.8. The Hall–Kier alpha value is -3.08. The topological polar surface area (TPSA) is 121 Å². The number of halogens is 2. The van der Waals surface area contributed by atoms with Gasteiger partial charge in [0, 0.05) is 47.7 Å². The largest absolute Gasteiger partial charge is 0.474 e. The summed E-state index contributed by atoms with van der Waals surface area (Å²) < 4.78 is 0. The number of carbonyl (C=O) groups excluding carboxylic acids is 2. The number of hydrogen-bond acceptors (Lipinski definition) is 6. The summed E-state index contributed by atoms with van der Waals surface area (Å²) in [6.07, 6.45) is 0. The van der Waals surface area contributed by atoms with Crippen LogP contribution in [-0.2, 0) is 14.4 Å². The van der Waals surface area contributed by atoms with Crippen LogP contribution in [0, 0.1) is 10.1 Å². The van der Waals surface area contributed by atoms with Crippen molar-refractivity contribution in [1.82, 2.24) is 9.80 Å². The van der Waals surface area contributed by atoms with Crippen LogP contribution in [-0.4, -0.2) is 63.8 Å². The van der Waals surface area contributed by atoms with Crippen LogP contribution in [0.5, 0.6) is 0 Å². The first kappa shape index (κ1) is 24.6. The maximum atomic E-state index is 12.8. The van der Waals surface area contributed by atoms with Crippen LogP contribution in [0.1, 0.15) is 5.56 Å². The first-order chi connectivity index (χ1) is 15.6. The number of amides is 2. The molecule has 0 bridgehead atoms. The molecule has 12 heteroatoms. The van der Waals surface area contributed by atoms with Crippen molar-refractivity contribution in [2.75, 3.05) is 26.2 Å². The highest BCUT2D eigenvalue weighted by Gasteiger charge is 2.29. The Labute approximate surface area is 202 Å². The summed E-state index contributed by atoms with van der Waals surface area (Å²) in [7, 11) is 0. The second-order valence-corrected chi connectivity index (χ2v) is 8.91. The van der Waals surface area contributed by atoms with Gasteiger partial charge in [0.2, 0.25) is 0 Å². The van der Waals surface area contributed by atoms with E-state index in [1.54, 1.807) is 18.2 Å². The van der Waals surface area contributed by atoms with Crippen LogP contribution in [0.25, 0.3) is 5.57 Å². The summed E-state index contributed by atoms with van der Waals surface area (Å²) in [5.41, 5.74) is 0.119. The van der Waals surface area contributed by atoms with Gasteiger partial charge in [-0.05, 0) is 29.8 Å². The van der Waals surface area contributed by atoms with E-state index in [2.05, 4.69) is 6.58 Å². The van der Waals surface area contributed by atoms with Gasteiger partial charge in [-0.15, -0.1) is 0 Å². The molecule has 1 aliphatic rings. The van der Waals surface area contributed by atoms with E-state index in [0.717, 1.165) is 16.7 Å². The summed E-state index contributed by atoms with van der Waals surface area (Å²) in [5, 5.41) is 21.3. The van der Waals surface area contributed by atoms with Gasteiger partial charge in [0.15, 0.2) is 0 Å². The highest BCUT2D eigenvalue weighted by atomic mass is 35.5. The molecule has 3 rings (SSSR count). The van der Waals surface area contributed by atoms with Crippen molar-refractivity contribution in [3.63, 3.8) is 0 Å². The lowest BCUT2D eigenvalue weighted by Crippen LogP contribution is -2.52. The molecular weight excluding hydrogens is 493 g/mol. The lowest BCUT2D eigenvalue weighted by atomic mass is 10.1. The minimum absolute atomic E-state index is 0.0530. The molecule has 172 valence electrons. The molecule has 33 heavy (non-hydrogen) atoms. The molecule has 0 saturated carbocycles. The van der Waals surface area contributed by atoms with Gasteiger partial charge in [0.05, 0.1) is 14.8 Å². The van der Waals surface area contributed by atoms with Crippen molar-refractivity contribution in [3.05, 3.63) is 68.7 Å². The van der Waals surface area contributed by atoms with Gasteiger partial charge >= 0.3 is 11.9 Å². The van der Waals surface area contributed by atoms with Gasteiger partial charge in [-0.2, -0.15) is 0 Å². The fraction of sp³-hybridized carbons (Fsp3) is 0.190. The minimum Gasteiger partial charge on any atom is -0.474 e. The van der Waals surface area contributed by atoms with Crippen LogP contribution in [0.4, 0.5) is 5.69 Å². The van der Waals surface area contributed by atoms with Crippen molar-refractivity contribution >= 4 is 64.0 Å². The van der Waals surface area contributed by atoms with Crippen LogP contribution in [0.15, 0.2) is 52.8 Å². The van der Waals surface area contributed by atoms with Gasteiger partial charge in [0.1, 0.15) is 0 Å². The Kier molecular flexibility index (Phi) is 7.62. The van der Waals surface area contributed by atoms with E-state index in [1.807, 2.05) is 0 Å². The maximum Gasteiger partial charge on any atom is 0.394 e. The lowest BCUT2D eigenvalue weighted by molar-refractivity contribution is -0.387. The number of benzene rings is 2. The molecule has 1 N–H and O–H groups in total. The average molecular weight is 510 g/mol. The number of piperazine rings is 1. The molecule has 1 saturated heterocycles. The Morgan fingerprint density at radius 1 is 0.970 bits per heavy atom. The normalized spacial score (nSPS) is 13.5. The molecule has 1 aliphatic heterocycles. The Bertz CT molecular complexity index is 1160. The number of carboxylic acid groups (broad SMARTS) is 1. The molecule has 2 aromatic rings. The third-order valence-corrected chi connectivity index (χ3v) is 6.71. The van der Waals surface area contributed by atoms with Crippen molar-refractivity contribution in [1.29, 1.82) is 0 Å². The minimum atomic E-state index is -1.55. The maximum absolute atomic E-state index is 12.8. The van der Waals surface area contributed by atoms with E-state index in [0.29, 0.717) is 19.8 Å². The molecule has 0 aromatic heterocycles. The number of hydrogen-bond donors (Lipinski definition) is 1. The molecule has 0 aliphatic carbocycles. The van der Waals surface area contributed by atoms with Crippen LogP contribution < -0.4 is 0 Å². The van der Waals surface area contributed by atoms with Gasteiger partial charge in [-0.25, -0.2) is 4.79 Å². The van der Waals surface area contributed by atoms with Crippen LogP contribution >= 0.6 is 35.0 Å². The van der Waals surface area contributed by atoms with Gasteiger partial charge in [-0.1, -0.05) is 47.6 Å². The predicted octanol–water partition coefficient (Wildman–Crippen LogP) is 3.82. The number of carboxylic acids is 1. The molecule has 2 amide bonds. The highest BCUT2D eigenvalue weighted by molar-refractivity contribution is 7.99. The zero-order valence-electron chi connectivity index (χ0n) is 17.0. The summed E-state index contributed by atoms with van der Waals surface area (Å²) in [6, 6.07) is 9.17. The number of aliphatic carboxylic acids is 1. The number of rotatable bonds is 5. The number of nitrogens with zero attached hydrogens (tertiary/aromatic N) is 3.